The van der Waals surface area contributed by atoms with Crippen LogP contribution in [0.3, 0.4) is 0 Å². The van der Waals surface area contributed by atoms with Crippen LogP contribution in [0.5, 0.6) is 0 Å². The van der Waals surface area contributed by atoms with E-state index in [2.05, 4.69) is 10.3 Å². The zero-order valence-electron chi connectivity index (χ0n) is 12.3. The standard InChI is InChI=1S/C18H11ClN2O2S/c19-13-7-3-2-6-12(13)17(22)21-18-20-14(10-24-18)16-9-11-5-1-4-8-15(11)23-16/h1-10H,(H,20,21,22). The van der Waals surface area contributed by atoms with Gasteiger partial charge in [0.05, 0.1) is 10.6 Å². The van der Waals surface area contributed by atoms with Crippen LogP contribution >= 0.6 is 22.9 Å². The third-order valence-electron chi connectivity index (χ3n) is 3.52. The molecule has 0 atom stereocenters. The van der Waals surface area contributed by atoms with Crippen LogP contribution in [0.25, 0.3) is 22.4 Å². The van der Waals surface area contributed by atoms with Crippen LogP contribution in [0.2, 0.25) is 5.02 Å². The van der Waals surface area contributed by atoms with Crippen molar-refractivity contribution in [1.29, 1.82) is 0 Å². The van der Waals surface area contributed by atoms with Gasteiger partial charge in [-0.2, -0.15) is 0 Å². The molecule has 2 heterocycles. The number of halogens is 1. The Morgan fingerprint density at radius 2 is 1.92 bits per heavy atom. The maximum atomic E-state index is 12.3. The second-order valence-electron chi connectivity index (χ2n) is 5.12. The quantitative estimate of drug-likeness (QED) is 0.531. The van der Waals surface area contributed by atoms with E-state index in [4.69, 9.17) is 16.0 Å². The van der Waals surface area contributed by atoms with E-state index in [9.17, 15) is 4.79 Å². The first-order valence-electron chi connectivity index (χ1n) is 7.21. The third-order valence-corrected chi connectivity index (χ3v) is 4.61. The summed E-state index contributed by atoms with van der Waals surface area (Å²) in [6, 6.07) is 16.6. The number of anilines is 1. The van der Waals surface area contributed by atoms with Crippen LogP contribution in [0.15, 0.2) is 64.4 Å². The Morgan fingerprint density at radius 1 is 1.12 bits per heavy atom. The smallest absolute Gasteiger partial charge is 0.258 e. The molecule has 0 aliphatic carbocycles. The van der Waals surface area contributed by atoms with E-state index in [1.807, 2.05) is 35.7 Å². The van der Waals surface area contributed by atoms with E-state index in [-0.39, 0.29) is 5.91 Å². The number of thiazole rings is 1. The fourth-order valence-electron chi connectivity index (χ4n) is 2.36. The molecule has 0 aliphatic rings. The molecule has 4 nitrogen and oxygen atoms in total. The van der Waals surface area contributed by atoms with Gasteiger partial charge in [-0.05, 0) is 24.3 Å². The van der Waals surface area contributed by atoms with Crippen molar-refractivity contribution in [3.63, 3.8) is 0 Å². The summed E-state index contributed by atoms with van der Waals surface area (Å²) in [5.41, 5.74) is 1.91. The van der Waals surface area contributed by atoms with Gasteiger partial charge in [-0.25, -0.2) is 4.98 Å². The van der Waals surface area contributed by atoms with Crippen molar-refractivity contribution < 1.29 is 9.21 Å². The Bertz CT molecular complexity index is 1010. The molecule has 0 aliphatic heterocycles. The van der Waals surface area contributed by atoms with Gasteiger partial charge >= 0.3 is 0 Å². The van der Waals surface area contributed by atoms with Crippen molar-refractivity contribution in [1.82, 2.24) is 4.98 Å². The van der Waals surface area contributed by atoms with Crippen LogP contribution in [-0.2, 0) is 0 Å². The molecule has 0 spiro atoms. The number of nitrogens with zero attached hydrogens (tertiary/aromatic N) is 1. The van der Waals surface area contributed by atoms with E-state index in [1.54, 1.807) is 24.3 Å². The number of carbonyl (C=O) groups is 1. The summed E-state index contributed by atoms with van der Waals surface area (Å²) < 4.78 is 5.79. The lowest BCUT2D eigenvalue weighted by Gasteiger charge is -2.03. The fourth-order valence-corrected chi connectivity index (χ4v) is 3.28. The van der Waals surface area contributed by atoms with Crippen molar-refractivity contribution in [3.8, 4) is 11.5 Å². The summed E-state index contributed by atoms with van der Waals surface area (Å²) in [6.07, 6.45) is 0. The second kappa shape index (κ2) is 6.11. The van der Waals surface area contributed by atoms with Gasteiger partial charge in [0.1, 0.15) is 11.3 Å². The highest BCUT2D eigenvalue weighted by Gasteiger charge is 2.14. The Hall–Kier alpha value is -2.63. The van der Waals surface area contributed by atoms with Gasteiger partial charge < -0.3 is 4.42 Å². The van der Waals surface area contributed by atoms with Gasteiger partial charge in [0.15, 0.2) is 10.9 Å². The SMILES string of the molecule is O=C(Nc1nc(-c2cc3ccccc3o2)cs1)c1ccccc1Cl. The summed E-state index contributed by atoms with van der Waals surface area (Å²) >= 11 is 7.38. The monoisotopic (exact) mass is 354 g/mol. The molecule has 1 amide bonds. The maximum absolute atomic E-state index is 12.3. The summed E-state index contributed by atoms with van der Waals surface area (Å²) in [6.45, 7) is 0. The van der Waals surface area contributed by atoms with Gasteiger partial charge in [-0.1, -0.05) is 41.9 Å². The van der Waals surface area contributed by atoms with Crippen LogP contribution in [0.4, 0.5) is 5.13 Å². The second-order valence-corrected chi connectivity index (χ2v) is 6.39. The first-order valence-corrected chi connectivity index (χ1v) is 8.47. The molecular weight excluding hydrogens is 344 g/mol. The number of hydrogen-bond donors (Lipinski definition) is 1. The molecule has 118 valence electrons. The van der Waals surface area contributed by atoms with Crippen LogP contribution in [-0.4, -0.2) is 10.9 Å². The Labute approximate surface area is 146 Å². The number of carbonyl (C=O) groups excluding carboxylic acids is 1. The Morgan fingerprint density at radius 3 is 2.75 bits per heavy atom. The predicted molar refractivity (Wildman–Crippen MR) is 96.7 cm³/mol. The molecule has 6 heteroatoms. The third kappa shape index (κ3) is 2.79. The normalized spacial score (nSPS) is 10.9. The average Bonchev–Trinajstić information content (AvgIpc) is 3.21. The highest BCUT2D eigenvalue weighted by atomic mass is 35.5. The Balaban J connectivity index is 1.58. The first-order chi connectivity index (χ1) is 11.7. The number of benzene rings is 2. The van der Waals surface area contributed by atoms with Gasteiger partial charge in [-0.15, -0.1) is 11.3 Å². The number of fused-ring (bicyclic) bond motifs is 1. The minimum Gasteiger partial charge on any atom is -0.454 e. The van der Waals surface area contributed by atoms with Crippen molar-refractivity contribution in [2.75, 3.05) is 5.32 Å². The Kier molecular flexibility index (Phi) is 3.80. The van der Waals surface area contributed by atoms with Crippen LogP contribution in [0.1, 0.15) is 10.4 Å². The summed E-state index contributed by atoms with van der Waals surface area (Å²) in [5, 5.41) is 6.53. The average molecular weight is 355 g/mol. The molecule has 0 saturated carbocycles. The lowest BCUT2D eigenvalue weighted by molar-refractivity contribution is 0.102. The number of furan rings is 1. The molecule has 2 aromatic heterocycles. The van der Waals surface area contributed by atoms with E-state index in [0.717, 1.165) is 11.0 Å². The summed E-state index contributed by atoms with van der Waals surface area (Å²) in [5.74, 6) is 0.386. The zero-order chi connectivity index (χ0) is 16.5. The topological polar surface area (TPSA) is 55.1 Å². The van der Waals surface area contributed by atoms with Crippen molar-refractivity contribution in [3.05, 3.63) is 70.6 Å². The van der Waals surface area contributed by atoms with E-state index in [1.165, 1.54) is 11.3 Å². The molecule has 0 saturated heterocycles. The van der Waals surface area contributed by atoms with Gasteiger partial charge in [0.25, 0.3) is 5.91 Å². The molecule has 4 aromatic rings. The highest BCUT2D eigenvalue weighted by molar-refractivity contribution is 7.14. The lowest BCUT2D eigenvalue weighted by atomic mass is 10.2. The molecule has 0 bridgehead atoms. The number of nitrogens with one attached hydrogen (secondary N) is 1. The molecule has 2 aromatic carbocycles. The minimum absolute atomic E-state index is 0.286. The van der Waals surface area contributed by atoms with Gasteiger partial charge in [0.2, 0.25) is 0 Å². The van der Waals surface area contributed by atoms with Crippen LogP contribution < -0.4 is 5.32 Å². The van der Waals surface area contributed by atoms with Crippen LogP contribution in [0, 0.1) is 0 Å². The van der Waals surface area contributed by atoms with E-state index < -0.39 is 0 Å². The van der Waals surface area contributed by atoms with E-state index >= 15 is 0 Å². The molecule has 0 fully saturated rings. The van der Waals surface area contributed by atoms with Gasteiger partial charge in [-0.3, -0.25) is 10.1 Å². The molecule has 4 rings (SSSR count). The number of rotatable bonds is 3. The minimum atomic E-state index is -0.286. The largest absolute Gasteiger partial charge is 0.454 e. The number of amides is 1. The molecule has 0 radical (unpaired) electrons. The number of aromatic nitrogens is 1. The summed E-state index contributed by atoms with van der Waals surface area (Å²) in [4.78, 5) is 16.7. The number of hydrogen-bond acceptors (Lipinski definition) is 4. The predicted octanol–water partition coefficient (Wildman–Crippen LogP) is 5.46. The highest BCUT2D eigenvalue weighted by Crippen LogP contribution is 2.30. The van der Waals surface area contributed by atoms with Crippen molar-refractivity contribution in [2.24, 2.45) is 0 Å². The lowest BCUT2D eigenvalue weighted by Crippen LogP contribution is -2.12. The van der Waals surface area contributed by atoms with E-state index in [0.29, 0.717) is 27.2 Å². The molecule has 0 unspecified atom stereocenters. The molecular formula is C18H11ClN2O2S. The zero-order valence-corrected chi connectivity index (χ0v) is 13.9. The molecule has 24 heavy (non-hydrogen) atoms. The summed E-state index contributed by atoms with van der Waals surface area (Å²) in [7, 11) is 0. The van der Waals surface area contributed by atoms with Crippen molar-refractivity contribution >= 4 is 44.9 Å². The van der Waals surface area contributed by atoms with Gasteiger partial charge in [0, 0.05) is 10.8 Å². The van der Waals surface area contributed by atoms with Crippen molar-refractivity contribution in [2.45, 2.75) is 0 Å². The fraction of sp³-hybridized carbons (Fsp3) is 0. The maximum Gasteiger partial charge on any atom is 0.258 e. The molecule has 1 N–H and O–H groups in total. The first kappa shape index (κ1) is 14.9. The number of para-hydroxylation sites is 1.